The van der Waals surface area contributed by atoms with Crippen LogP contribution in [-0.2, 0) is 4.79 Å². The number of ether oxygens (including phenoxy) is 2. The van der Waals surface area contributed by atoms with E-state index in [0.29, 0.717) is 36.1 Å². The number of hydrogen-bond donors (Lipinski definition) is 2. The number of nitro benzene ring substituents is 1. The quantitative estimate of drug-likeness (QED) is 0.436. The summed E-state index contributed by atoms with van der Waals surface area (Å²) < 4.78 is 10.9. The molecule has 0 bridgehead atoms. The summed E-state index contributed by atoms with van der Waals surface area (Å²) >= 11 is 0. The maximum atomic E-state index is 12.2. The van der Waals surface area contributed by atoms with Gasteiger partial charge in [-0.1, -0.05) is 0 Å². The van der Waals surface area contributed by atoms with Crippen molar-refractivity contribution < 1.29 is 24.0 Å². The first-order valence-electron chi connectivity index (χ1n) is 8.70. The number of non-ortho nitro benzene ring substituents is 1. The largest absolute Gasteiger partial charge is 0.486 e. The van der Waals surface area contributed by atoms with E-state index < -0.39 is 10.8 Å². The standard InChI is InChI=1S/C19H18N4O6/c1-12(21-22-19(25)13-2-5-15(6-3-13)23(26)27)10-18(24)20-14-4-7-16-17(11-14)29-9-8-28-16/h2-7,11H,8-10H2,1H3,(H,20,24)(H,22,25). The molecule has 2 amide bonds. The molecule has 0 atom stereocenters. The van der Waals surface area contributed by atoms with Crippen LogP contribution in [0.5, 0.6) is 11.5 Å². The van der Waals surface area contributed by atoms with E-state index in [-0.39, 0.29) is 23.6 Å². The minimum atomic E-state index is -0.551. The van der Waals surface area contributed by atoms with Gasteiger partial charge in [-0.05, 0) is 31.2 Å². The second-order valence-corrected chi connectivity index (χ2v) is 6.18. The van der Waals surface area contributed by atoms with Crippen molar-refractivity contribution in [1.82, 2.24) is 5.43 Å². The molecular weight excluding hydrogens is 380 g/mol. The number of rotatable bonds is 6. The Balaban J connectivity index is 1.53. The second-order valence-electron chi connectivity index (χ2n) is 6.18. The molecule has 3 rings (SSSR count). The lowest BCUT2D eigenvalue weighted by molar-refractivity contribution is -0.384. The van der Waals surface area contributed by atoms with Gasteiger partial charge in [0.15, 0.2) is 11.5 Å². The van der Waals surface area contributed by atoms with E-state index in [4.69, 9.17) is 9.47 Å². The van der Waals surface area contributed by atoms with E-state index in [1.165, 1.54) is 24.3 Å². The van der Waals surface area contributed by atoms with E-state index in [2.05, 4.69) is 15.8 Å². The molecule has 1 heterocycles. The summed E-state index contributed by atoms with van der Waals surface area (Å²) in [5.74, 6) is 0.342. The van der Waals surface area contributed by atoms with Crippen LogP contribution >= 0.6 is 0 Å². The van der Waals surface area contributed by atoms with Crippen LogP contribution in [0.1, 0.15) is 23.7 Å². The highest BCUT2D eigenvalue weighted by Crippen LogP contribution is 2.32. The molecule has 0 unspecified atom stereocenters. The molecule has 0 aromatic heterocycles. The smallest absolute Gasteiger partial charge is 0.271 e. The van der Waals surface area contributed by atoms with Gasteiger partial charge in [-0.2, -0.15) is 5.10 Å². The molecule has 2 aromatic rings. The number of carbonyl (C=O) groups excluding carboxylic acids is 2. The molecule has 0 spiro atoms. The summed E-state index contributed by atoms with van der Waals surface area (Å²) in [5, 5.41) is 17.2. The van der Waals surface area contributed by atoms with Crippen LogP contribution in [0.15, 0.2) is 47.6 Å². The van der Waals surface area contributed by atoms with Gasteiger partial charge in [-0.15, -0.1) is 0 Å². The summed E-state index contributed by atoms with van der Waals surface area (Å²) in [6, 6.07) is 10.2. The number of amides is 2. The van der Waals surface area contributed by atoms with E-state index in [9.17, 15) is 19.7 Å². The molecule has 10 nitrogen and oxygen atoms in total. The number of carbonyl (C=O) groups is 2. The minimum Gasteiger partial charge on any atom is -0.486 e. The predicted octanol–water partition coefficient (Wildman–Crippen LogP) is 2.50. The second kappa shape index (κ2) is 8.83. The predicted molar refractivity (Wildman–Crippen MR) is 104 cm³/mol. The third kappa shape index (κ3) is 5.28. The zero-order chi connectivity index (χ0) is 20.8. The molecular formula is C19H18N4O6. The Kier molecular flexibility index (Phi) is 6.03. The molecule has 0 fully saturated rings. The van der Waals surface area contributed by atoms with Crippen LogP contribution in [-0.4, -0.2) is 35.7 Å². The lowest BCUT2D eigenvalue weighted by atomic mass is 10.2. The number of nitrogens with one attached hydrogen (secondary N) is 2. The Morgan fingerprint density at radius 2 is 1.79 bits per heavy atom. The highest BCUT2D eigenvalue weighted by atomic mass is 16.6. The minimum absolute atomic E-state index is 0.0328. The van der Waals surface area contributed by atoms with E-state index in [1.807, 2.05) is 0 Å². The summed E-state index contributed by atoms with van der Waals surface area (Å²) in [7, 11) is 0. The van der Waals surface area contributed by atoms with Crippen LogP contribution in [0.2, 0.25) is 0 Å². The molecule has 1 aliphatic rings. The van der Waals surface area contributed by atoms with Gasteiger partial charge in [0, 0.05) is 35.2 Å². The van der Waals surface area contributed by atoms with Crippen molar-refractivity contribution >= 4 is 28.9 Å². The lowest BCUT2D eigenvalue weighted by Crippen LogP contribution is -2.21. The molecule has 150 valence electrons. The number of nitrogens with zero attached hydrogens (tertiary/aromatic N) is 2. The Bertz CT molecular complexity index is 971. The zero-order valence-electron chi connectivity index (χ0n) is 15.5. The number of anilines is 1. The summed E-state index contributed by atoms with van der Waals surface area (Å²) in [5.41, 5.74) is 3.36. The van der Waals surface area contributed by atoms with Crippen molar-refractivity contribution in [3.63, 3.8) is 0 Å². The van der Waals surface area contributed by atoms with E-state index >= 15 is 0 Å². The summed E-state index contributed by atoms with van der Waals surface area (Å²) in [6.07, 6.45) is -0.0328. The first-order valence-corrected chi connectivity index (χ1v) is 8.70. The normalized spacial score (nSPS) is 12.8. The van der Waals surface area contributed by atoms with Gasteiger partial charge in [-0.25, -0.2) is 5.43 Å². The Hall–Kier alpha value is -3.95. The number of hydrogen-bond acceptors (Lipinski definition) is 7. The molecule has 0 radical (unpaired) electrons. The average Bonchev–Trinajstić information content (AvgIpc) is 2.72. The highest BCUT2D eigenvalue weighted by molar-refractivity contribution is 6.06. The van der Waals surface area contributed by atoms with Gasteiger partial charge in [0.1, 0.15) is 13.2 Å². The van der Waals surface area contributed by atoms with Gasteiger partial charge in [0.25, 0.3) is 11.6 Å². The maximum absolute atomic E-state index is 12.2. The molecule has 0 aliphatic carbocycles. The monoisotopic (exact) mass is 398 g/mol. The Labute approximate surface area is 165 Å². The van der Waals surface area contributed by atoms with Crippen molar-refractivity contribution in [1.29, 1.82) is 0 Å². The molecule has 2 N–H and O–H groups in total. The van der Waals surface area contributed by atoms with Crippen molar-refractivity contribution in [2.24, 2.45) is 5.10 Å². The lowest BCUT2D eigenvalue weighted by Gasteiger charge is -2.19. The van der Waals surface area contributed by atoms with Gasteiger partial charge in [-0.3, -0.25) is 19.7 Å². The van der Waals surface area contributed by atoms with Crippen LogP contribution in [0.4, 0.5) is 11.4 Å². The van der Waals surface area contributed by atoms with Gasteiger partial charge in [0.05, 0.1) is 11.3 Å². The van der Waals surface area contributed by atoms with Gasteiger partial charge in [0.2, 0.25) is 5.91 Å². The maximum Gasteiger partial charge on any atom is 0.271 e. The SMILES string of the molecule is CC(CC(=O)Nc1ccc2c(c1)OCCO2)=NNC(=O)c1ccc([N+](=O)[O-])cc1. The van der Waals surface area contributed by atoms with Crippen molar-refractivity contribution in [2.75, 3.05) is 18.5 Å². The van der Waals surface area contributed by atoms with E-state index in [1.54, 1.807) is 25.1 Å². The first kappa shape index (κ1) is 19.8. The first-order chi connectivity index (χ1) is 13.9. The summed E-state index contributed by atoms with van der Waals surface area (Å²) in [6.45, 7) is 2.53. The third-order valence-corrected chi connectivity index (χ3v) is 3.93. The zero-order valence-corrected chi connectivity index (χ0v) is 15.5. The van der Waals surface area contributed by atoms with Crippen LogP contribution in [0, 0.1) is 10.1 Å². The molecule has 2 aromatic carbocycles. The van der Waals surface area contributed by atoms with Crippen molar-refractivity contribution in [3.8, 4) is 11.5 Å². The van der Waals surface area contributed by atoms with Crippen molar-refractivity contribution in [2.45, 2.75) is 13.3 Å². The van der Waals surface area contributed by atoms with Gasteiger partial charge < -0.3 is 14.8 Å². The fourth-order valence-corrected chi connectivity index (χ4v) is 2.54. The average molecular weight is 398 g/mol. The topological polar surface area (TPSA) is 132 Å². The molecule has 0 saturated heterocycles. The summed E-state index contributed by atoms with van der Waals surface area (Å²) in [4.78, 5) is 34.3. The number of fused-ring (bicyclic) bond motifs is 1. The van der Waals surface area contributed by atoms with Crippen molar-refractivity contribution in [3.05, 3.63) is 58.1 Å². The van der Waals surface area contributed by atoms with E-state index in [0.717, 1.165) is 0 Å². The number of benzene rings is 2. The Morgan fingerprint density at radius 1 is 1.10 bits per heavy atom. The van der Waals surface area contributed by atoms with Crippen LogP contribution in [0.25, 0.3) is 0 Å². The molecule has 29 heavy (non-hydrogen) atoms. The third-order valence-electron chi connectivity index (χ3n) is 3.93. The molecule has 0 saturated carbocycles. The van der Waals surface area contributed by atoms with Crippen LogP contribution in [0.3, 0.4) is 0 Å². The fourth-order valence-electron chi connectivity index (χ4n) is 2.54. The Morgan fingerprint density at radius 3 is 2.48 bits per heavy atom. The van der Waals surface area contributed by atoms with Crippen LogP contribution < -0.4 is 20.2 Å². The number of hydrazone groups is 1. The van der Waals surface area contributed by atoms with Gasteiger partial charge >= 0.3 is 0 Å². The highest BCUT2D eigenvalue weighted by Gasteiger charge is 2.13. The molecule has 1 aliphatic heterocycles. The number of nitro groups is 1. The molecule has 10 heteroatoms. The fraction of sp³-hybridized carbons (Fsp3) is 0.211.